The largest absolute Gasteiger partial charge is 0.120 e. The van der Waals surface area contributed by atoms with Crippen LogP contribution >= 0.6 is 0 Å². The lowest BCUT2D eigenvalue weighted by atomic mass is 9.90. The van der Waals surface area contributed by atoms with Gasteiger partial charge in [0.25, 0.3) is 0 Å². The second kappa shape index (κ2) is 3.42. The summed E-state index contributed by atoms with van der Waals surface area (Å²) >= 11 is 0. The maximum Gasteiger partial charge on any atom is 0.0353 e. The van der Waals surface area contributed by atoms with Crippen molar-refractivity contribution in [3.8, 4) is 12.3 Å². The molecule has 1 aromatic carbocycles. The number of hydrogen-bond acceptors (Lipinski definition) is 0. The smallest absolute Gasteiger partial charge is 0.0353 e. The molecule has 0 N–H and O–H groups in total. The molecule has 0 unspecified atom stereocenters. The van der Waals surface area contributed by atoms with Crippen LogP contribution < -0.4 is 0 Å². The fraction of sp³-hybridized carbons (Fsp3) is 0.467. The number of benzene rings is 1. The first-order valence-electron chi connectivity index (χ1n) is 5.61. The van der Waals surface area contributed by atoms with E-state index in [1.165, 1.54) is 35.1 Å². The first-order valence-corrected chi connectivity index (χ1v) is 5.61. The van der Waals surface area contributed by atoms with E-state index in [1.807, 2.05) is 0 Å². The van der Waals surface area contributed by atoms with Crippen LogP contribution in [0.4, 0.5) is 0 Å². The third-order valence-electron chi connectivity index (χ3n) is 3.52. The minimum atomic E-state index is 0.199. The van der Waals surface area contributed by atoms with E-state index in [9.17, 15) is 0 Å². The summed E-state index contributed by atoms with van der Waals surface area (Å²) in [4.78, 5) is 0. The van der Waals surface area contributed by atoms with Crippen molar-refractivity contribution in [2.45, 2.75) is 40.0 Å². The molecule has 0 bridgehead atoms. The number of hydrogen-bond donors (Lipinski definition) is 0. The molecule has 0 heteroatoms. The summed E-state index contributed by atoms with van der Waals surface area (Å²) in [5.74, 6) is 2.97. The zero-order chi connectivity index (χ0) is 11.1. The van der Waals surface area contributed by atoms with Crippen LogP contribution in [0.5, 0.6) is 0 Å². The molecule has 0 heterocycles. The minimum absolute atomic E-state index is 0.199. The van der Waals surface area contributed by atoms with Crippen LogP contribution in [0.1, 0.15) is 35.1 Å². The van der Waals surface area contributed by atoms with Crippen LogP contribution in [0.3, 0.4) is 0 Å². The molecule has 0 spiro atoms. The zero-order valence-electron chi connectivity index (χ0n) is 9.85. The van der Waals surface area contributed by atoms with Crippen molar-refractivity contribution in [2.24, 2.45) is 5.41 Å². The Hall–Kier alpha value is -1.22. The van der Waals surface area contributed by atoms with Gasteiger partial charge in [-0.2, -0.15) is 0 Å². The van der Waals surface area contributed by atoms with Gasteiger partial charge in [0.1, 0.15) is 0 Å². The molecule has 0 radical (unpaired) electrons. The van der Waals surface area contributed by atoms with Crippen molar-refractivity contribution in [1.29, 1.82) is 0 Å². The summed E-state index contributed by atoms with van der Waals surface area (Å²) < 4.78 is 0. The first-order chi connectivity index (χ1) is 7.06. The van der Waals surface area contributed by atoms with Gasteiger partial charge in [0, 0.05) is 5.41 Å². The SMILES string of the molecule is C#CC1(Cc2c(C)cc(C)cc2C)CC1. The Labute approximate surface area is 92.7 Å². The van der Waals surface area contributed by atoms with Crippen molar-refractivity contribution < 1.29 is 0 Å². The topological polar surface area (TPSA) is 0 Å². The van der Waals surface area contributed by atoms with Gasteiger partial charge < -0.3 is 0 Å². The molecule has 2 rings (SSSR count). The molecular weight excluding hydrogens is 180 g/mol. The predicted molar refractivity (Wildman–Crippen MR) is 64.9 cm³/mol. The lowest BCUT2D eigenvalue weighted by Gasteiger charge is -2.14. The van der Waals surface area contributed by atoms with Gasteiger partial charge in [-0.1, -0.05) is 23.6 Å². The molecule has 1 fully saturated rings. The van der Waals surface area contributed by atoms with Gasteiger partial charge in [-0.05, 0) is 56.7 Å². The highest BCUT2D eigenvalue weighted by Crippen LogP contribution is 2.48. The Morgan fingerprint density at radius 1 is 1.20 bits per heavy atom. The molecule has 0 aromatic heterocycles. The van der Waals surface area contributed by atoms with Crippen molar-refractivity contribution in [3.63, 3.8) is 0 Å². The van der Waals surface area contributed by atoms with E-state index in [2.05, 4.69) is 38.8 Å². The average molecular weight is 198 g/mol. The van der Waals surface area contributed by atoms with E-state index in [1.54, 1.807) is 0 Å². The molecule has 0 saturated heterocycles. The number of rotatable bonds is 2. The standard InChI is InChI=1S/C15H18/c1-5-15(6-7-15)10-14-12(3)8-11(2)9-13(14)4/h1,8-9H,6-7,10H2,2-4H3. The summed E-state index contributed by atoms with van der Waals surface area (Å²) in [6.07, 6.45) is 9.08. The highest BCUT2D eigenvalue weighted by Gasteiger charge is 2.41. The van der Waals surface area contributed by atoms with E-state index in [-0.39, 0.29) is 5.41 Å². The van der Waals surface area contributed by atoms with E-state index in [0.29, 0.717) is 0 Å². The highest BCUT2D eigenvalue weighted by atomic mass is 14.4. The van der Waals surface area contributed by atoms with Gasteiger partial charge in [0.2, 0.25) is 0 Å². The highest BCUT2D eigenvalue weighted by molar-refractivity contribution is 5.40. The van der Waals surface area contributed by atoms with E-state index in [4.69, 9.17) is 6.42 Å². The van der Waals surface area contributed by atoms with Gasteiger partial charge in [-0.25, -0.2) is 0 Å². The molecule has 0 nitrogen and oxygen atoms in total. The maximum absolute atomic E-state index is 5.60. The summed E-state index contributed by atoms with van der Waals surface area (Å²) in [6, 6.07) is 4.52. The summed E-state index contributed by atoms with van der Waals surface area (Å²) in [6.45, 7) is 6.54. The van der Waals surface area contributed by atoms with Crippen molar-refractivity contribution in [3.05, 3.63) is 34.4 Å². The lowest BCUT2D eigenvalue weighted by Crippen LogP contribution is -2.05. The van der Waals surface area contributed by atoms with Crippen LogP contribution in [-0.4, -0.2) is 0 Å². The van der Waals surface area contributed by atoms with Gasteiger partial charge in [-0.15, -0.1) is 6.42 Å². The quantitative estimate of drug-likeness (QED) is 0.637. The van der Waals surface area contributed by atoms with Crippen LogP contribution in [-0.2, 0) is 6.42 Å². The Kier molecular flexibility index (Phi) is 2.35. The zero-order valence-corrected chi connectivity index (χ0v) is 9.85. The van der Waals surface area contributed by atoms with E-state index in [0.717, 1.165) is 6.42 Å². The van der Waals surface area contributed by atoms with Gasteiger partial charge >= 0.3 is 0 Å². The third-order valence-corrected chi connectivity index (χ3v) is 3.52. The molecule has 0 aliphatic heterocycles. The molecule has 78 valence electrons. The fourth-order valence-electron chi connectivity index (χ4n) is 2.35. The Morgan fingerprint density at radius 3 is 2.13 bits per heavy atom. The van der Waals surface area contributed by atoms with Crippen molar-refractivity contribution >= 4 is 0 Å². The van der Waals surface area contributed by atoms with E-state index >= 15 is 0 Å². The summed E-state index contributed by atoms with van der Waals surface area (Å²) in [7, 11) is 0. The van der Waals surface area contributed by atoms with Crippen LogP contribution in [0.2, 0.25) is 0 Å². The first kappa shape index (κ1) is 10.3. The minimum Gasteiger partial charge on any atom is -0.120 e. The Bertz CT molecular complexity index is 405. The molecule has 1 aliphatic carbocycles. The second-order valence-electron chi connectivity index (χ2n) is 4.98. The Balaban J connectivity index is 2.33. The molecule has 1 saturated carbocycles. The number of terminal acetylenes is 1. The fourth-order valence-corrected chi connectivity index (χ4v) is 2.35. The molecule has 0 atom stereocenters. The molecular formula is C15H18. The molecule has 1 aliphatic rings. The van der Waals surface area contributed by atoms with Crippen molar-refractivity contribution in [1.82, 2.24) is 0 Å². The van der Waals surface area contributed by atoms with Crippen molar-refractivity contribution in [2.75, 3.05) is 0 Å². The Morgan fingerprint density at radius 2 is 1.73 bits per heavy atom. The average Bonchev–Trinajstić information content (AvgIpc) is 2.92. The van der Waals surface area contributed by atoms with E-state index < -0.39 is 0 Å². The third kappa shape index (κ3) is 1.92. The monoisotopic (exact) mass is 198 g/mol. The molecule has 15 heavy (non-hydrogen) atoms. The van der Waals surface area contributed by atoms with Crippen LogP contribution in [0.25, 0.3) is 0 Å². The maximum atomic E-state index is 5.60. The van der Waals surface area contributed by atoms with Gasteiger partial charge in [0.15, 0.2) is 0 Å². The summed E-state index contributed by atoms with van der Waals surface area (Å²) in [5.41, 5.74) is 5.81. The second-order valence-corrected chi connectivity index (χ2v) is 4.98. The normalized spacial score (nSPS) is 17.2. The van der Waals surface area contributed by atoms with Gasteiger partial charge in [0.05, 0.1) is 0 Å². The predicted octanol–water partition coefficient (Wildman–Crippen LogP) is 3.57. The van der Waals surface area contributed by atoms with Gasteiger partial charge in [-0.3, -0.25) is 0 Å². The molecule has 0 amide bonds. The summed E-state index contributed by atoms with van der Waals surface area (Å²) in [5, 5.41) is 0. The van der Waals surface area contributed by atoms with Crippen LogP contribution in [0.15, 0.2) is 12.1 Å². The van der Waals surface area contributed by atoms with Crippen LogP contribution in [0, 0.1) is 38.5 Å². The molecule has 1 aromatic rings. The number of aryl methyl sites for hydroxylation is 3. The lowest BCUT2D eigenvalue weighted by molar-refractivity contribution is 0.670.